The van der Waals surface area contributed by atoms with E-state index in [1.807, 2.05) is 0 Å². The van der Waals surface area contributed by atoms with Crippen LogP contribution in [0.5, 0.6) is 0 Å². The number of rotatable bonds is 4. The van der Waals surface area contributed by atoms with Crippen LogP contribution in [0.1, 0.15) is 29.1 Å². The quantitative estimate of drug-likeness (QED) is 0.660. The van der Waals surface area contributed by atoms with Gasteiger partial charge in [0.2, 0.25) is 0 Å². The molecular formula is C11H10ClN5O3. The van der Waals surface area contributed by atoms with E-state index in [0.717, 1.165) is 0 Å². The van der Waals surface area contributed by atoms with Crippen LogP contribution in [0.15, 0.2) is 24.5 Å². The molecule has 8 nitrogen and oxygen atoms in total. The summed E-state index contributed by atoms with van der Waals surface area (Å²) in [6, 6.07) is 3.33. The highest BCUT2D eigenvalue weighted by Gasteiger charge is 2.22. The zero-order chi connectivity index (χ0) is 14.7. The monoisotopic (exact) mass is 295 g/mol. The number of nitro benzene ring substituents is 1. The van der Waals surface area contributed by atoms with E-state index >= 15 is 0 Å². The normalized spacial score (nSPS) is 11.9. The maximum atomic E-state index is 12.1. The summed E-state index contributed by atoms with van der Waals surface area (Å²) < 4.78 is 0. The lowest BCUT2D eigenvalue weighted by Gasteiger charge is -2.11. The minimum atomic E-state index is -0.635. The van der Waals surface area contributed by atoms with Gasteiger partial charge in [-0.25, -0.2) is 4.98 Å². The van der Waals surface area contributed by atoms with Gasteiger partial charge in [0.1, 0.15) is 17.7 Å². The zero-order valence-electron chi connectivity index (χ0n) is 10.3. The van der Waals surface area contributed by atoms with Gasteiger partial charge < -0.3 is 5.32 Å². The predicted octanol–water partition coefficient (Wildman–Crippen LogP) is 1.86. The third-order valence-corrected chi connectivity index (χ3v) is 2.83. The van der Waals surface area contributed by atoms with E-state index in [9.17, 15) is 14.9 Å². The van der Waals surface area contributed by atoms with E-state index in [2.05, 4.69) is 20.5 Å². The number of carbonyl (C=O) groups is 1. The Morgan fingerprint density at radius 2 is 2.30 bits per heavy atom. The van der Waals surface area contributed by atoms with Crippen molar-refractivity contribution in [1.29, 1.82) is 0 Å². The maximum Gasteiger partial charge on any atom is 0.282 e. The van der Waals surface area contributed by atoms with Crippen molar-refractivity contribution in [2.24, 2.45) is 0 Å². The van der Waals surface area contributed by atoms with E-state index in [1.165, 1.54) is 24.5 Å². The molecule has 1 heterocycles. The van der Waals surface area contributed by atoms with Crippen molar-refractivity contribution in [2.75, 3.05) is 0 Å². The van der Waals surface area contributed by atoms with E-state index in [1.54, 1.807) is 6.92 Å². The number of nitrogens with zero attached hydrogens (tertiary/aromatic N) is 3. The predicted molar refractivity (Wildman–Crippen MR) is 70.4 cm³/mol. The third-order valence-electron chi connectivity index (χ3n) is 2.59. The molecule has 2 aromatic rings. The summed E-state index contributed by atoms with van der Waals surface area (Å²) in [4.78, 5) is 26.3. The molecule has 0 radical (unpaired) electrons. The minimum absolute atomic E-state index is 0.103. The summed E-state index contributed by atoms with van der Waals surface area (Å²) in [5.74, 6) is -0.161. The number of aromatic nitrogens is 3. The highest BCUT2D eigenvalue weighted by atomic mass is 35.5. The number of aromatic amines is 1. The van der Waals surface area contributed by atoms with Crippen LogP contribution in [-0.4, -0.2) is 26.0 Å². The molecule has 0 aliphatic rings. The second-order valence-electron chi connectivity index (χ2n) is 3.98. The maximum absolute atomic E-state index is 12.1. The SMILES string of the molecule is CC(NC(=O)c1cc(Cl)ccc1[N+](=O)[O-])c1ncn[nH]1. The standard InChI is InChI=1S/C11H10ClN5O3/c1-6(10-13-5-14-16-10)15-11(18)8-4-7(12)2-3-9(8)17(19)20/h2-6H,1H3,(H,15,18)(H,13,14,16). The Kier molecular flexibility index (Phi) is 3.94. The van der Waals surface area contributed by atoms with Crippen molar-refractivity contribution in [3.05, 3.63) is 51.1 Å². The molecule has 0 aliphatic heterocycles. The fraction of sp³-hybridized carbons (Fsp3) is 0.182. The van der Waals surface area contributed by atoms with Crippen LogP contribution in [0.3, 0.4) is 0 Å². The number of amides is 1. The van der Waals surface area contributed by atoms with Gasteiger partial charge in [-0.15, -0.1) is 0 Å². The molecule has 9 heteroatoms. The molecule has 2 rings (SSSR count). The minimum Gasteiger partial charge on any atom is -0.342 e. The lowest BCUT2D eigenvalue weighted by Crippen LogP contribution is -2.28. The number of halogens is 1. The average Bonchev–Trinajstić information content (AvgIpc) is 2.92. The summed E-state index contributed by atoms with van der Waals surface area (Å²) in [6.45, 7) is 1.68. The van der Waals surface area contributed by atoms with Gasteiger partial charge in [0.05, 0.1) is 11.0 Å². The molecular weight excluding hydrogens is 286 g/mol. The Hall–Kier alpha value is -2.48. The molecule has 0 saturated carbocycles. The Labute approximate surface area is 118 Å². The molecule has 1 atom stereocenters. The van der Waals surface area contributed by atoms with Gasteiger partial charge in [-0.3, -0.25) is 20.0 Å². The van der Waals surface area contributed by atoms with Crippen LogP contribution in [0.2, 0.25) is 5.02 Å². The van der Waals surface area contributed by atoms with Crippen LogP contribution in [0.25, 0.3) is 0 Å². The number of H-pyrrole nitrogens is 1. The molecule has 0 aliphatic carbocycles. The Morgan fingerprint density at radius 3 is 2.90 bits per heavy atom. The Morgan fingerprint density at radius 1 is 1.55 bits per heavy atom. The van der Waals surface area contributed by atoms with Crippen LogP contribution in [-0.2, 0) is 0 Å². The van der Waals surface area contributed by atoms with Crippen molar-refractivity contribution in [1.82, 2.24) is 20.5 Å². The van der Waals surface area contributed by atoms with Gasteiger partial charge >= 0.3 is 0 Å². The fourth-order valence-electron chi connectivity index (χ4n) is 1.62. The summed E-state index contributed by atoms with van der Waals surface area (Å²) >= 11 is 5.77. The van der Waals surface area contributed by atoms with Crippen LogP contribution >= 0.6 is 11.6 Å². The molecule has 104 valence electrons. The molecule has 1 amide bonds. The summed E-state index contributed by atoms with van der Waals surface area (Å²) in [5, 5.41) is 20.0. The Bertz CT molecular complexity index is 644. The first-order chi connectivity index (χ1) is 9.49. The smallest absolute Gasteiger partial charge is 0.282 e. The highest BCUT2D eigenvalue weighted by Crippen LogP contribution is 2.23. The molecule has 20 heavy (non-hydrogen) atoms. The summed E-state index contributed by atoms with van der Waals surface area (Å²) in [7, 11) is 0. The van der Waals surface area contributed by atoms with Crippen molar-refractivity contribution in [3.63, 3.8) is 0 Å². The first kappa shape index (κ1) is 13.9. The van der Waals surface area contributed by atoms with Crippen molar-refractivity contribution < 1.29 is 9.72 Å². The van der Waals surface area contributed by atoms with Crippen molar-refractivity contribution in [2.45, 2.75) is 13.0 Å². The number of nitro groups is 1. The lowest BCUT2D eigenvalue weighted by molar-refractivity contribution is -0.385. The molecule has 0 saturated heterocycles. The van der Waals surface area contributed by atoms with Gasteiger partial charge in [0.25, 0.3) is 11.6 Å². The summed E-state index contributed by atoms with van der Waals surface area (Å²) in [5.41, 5.74) is -0.412. The summed E-state index contributed by atoms with van der Waals surface area (Å²) in [6.07, 6.45) is 1.31. The number of carbonyl (C=O) groups excluding carboxylic acids is 1. The number of hydrogen-bond acceptors (Lipinski definition) is 5. The highest BCUT2D eigenvalue weighted by molar-refractivity contribution is 6.31. The molecule has 0 bridgehead atoms. The lowest BCUT2D eigenvalue weighted by atomic mass is 10.1. The second kappa shape index (κ2) is 5.66. The fourth-order valence-corrected chi connectivity index (χ4v) is 1.79. The van der Waals surface area contributed by atoms with Gasteiger partial charge in [-0.1, -0.05) is 11.6 Å². The first-order valence-electron chi connectivity index (χ1n) is 5.59. The van der Waals surface area contributed by atoms with E-state index in [4.69, 9.17) is 11.6 Å². The number of nitrogens with one attached hydrogen (secondary N) is 2. The topological polar surface area (TPSA) is 114 Å². The molecule has 1 aromatic heterocycles. The average molecular weight is 296 g/mol. The molecule has 0 fully saturated rings. The second-order valence-corrected chi connectivity index (χ2v) is 4.42. The van der Waals surface area contributed by atoms with Crippen LogP contribution < -0.4 is 5.32 Å². The van der Waals surface area contributed by atoms with Crippen LogP contribution in [0, 0.1) is 10.1 Å². The molecule has 0 spiro atoms. The van der Waals surface area contributed by atoms with Crippen molar-refractivity contribution in [3.8, 4) is 0 Å². The van der Waals surface area contributed by atoms with Gasteiger partial charge in [0, 0.05) is 11.1 Å². The zero-order valence-corrected chi connectivity index (χ0v) is 11.1. The molecule has 1 unspecified atom stereocenters. The number of hydrogen-bond donors (Lipinski definition) is 2. The molecule has 1 aromatic carbocycles. The Balaban J connectivity index is 2.25. The number of benzene rings is 1. The van der Waals surface area contributed by atoms with E-state index < -0.39 is 16.9 Å². The van der Waals surface area contributed by atoms with Gasteiger partial charge in [-0.05, 0) is 19.1 Å². The van der Waals surface area contributed by atoms with Crippen molar-refractivity contribution >= 4 is 23.2 Å². The van der Waals surface area contributed by atoms with Crippen LogP contribution in [0.4, 0.5) is 5.69 Å². The molecule has 2 N–H and O–H groups in total. The first-order valence-corrected chi connectivity index (χ1v) is 5.97. The van der Waals surface area contributed by atoms with E-state index in [0.29, 0.717) is 5.82 Å². The largest absolute Gasteiger partial charge is 0.342 e. The van der Waals surface area contributed by atoms with Gasteiger partial charge in [-0.2, -0.15) is 5.10 Å². The van der Waals surface area contributed by atoms with E-state index in [-0.39, 0.29) is 16.3 Å². The van der Waals surface area contributed by atoms with Gasteiger partial charge in [0.15, 0.2) is 0 Å². The third kappa shape index (κ3) is 2.91.